The van der Waals surface area contributed by atoms with E-state index in [-0.39, 0.29) is 23.9 Å². The molecule has 0 aliphatic carbocycles. The Morgan fingerprint density at radius 2 is 1.64 bits per heavy atom. The summed E-state index contributed by atoms with van der Waals surface area (Å²) in [5, 5.41) is 3.78. The van der Waals surface area contributed by atoms with Crippen molar-refractivity contribution in [2.75, 3.05) is 32.1 Å². The molecule has 2 aromatic rings. The summed E-state index contributed by atoms with van der Waals surface area (Å²) in [5.41, 5.74) is 12.4. The maximum Gasteiger partial charge on any atom is 0.267 e. The number of nitrogens with one attached hydrogen (secondary N) is 1. The van der Waals surface area contributed by atoms with E-state index in [1.54, 1.807) is 18.2 Å². The Hall–Kier alpha value is -2.69. The molecule has 0 heterocycles. The van der Waals surface area contributed by atoms with Crippen LogP contribution in [0.4, 0.5) is 5.69 Å². The summed E-state index contributed by atoms with van der Waals surface area (Å²) in [6.07, 6.45) is 0.446. The van der Waals surface area contributed by atoms with Crippen LogP contribution in [0.25, 0.3) is 10.8 Å². The SMILES string of the molecule is CC(C)CC(N)C(=O)NC(C)C(=O)N(CCN)S(=O)(=O)c1cccc2c(N(C)C)cccc12. The van der Waals surface area contributed by atoms with E-state index in [0.717, 1.165) is 15.4 Å². The van der Waals surface area contributed by atoms with Crippen molar-refractivity contribution in [3.05, 3.63) is 36.4 Å². The topological polar surface area (TPSA) is 139 Å². The summed E-state index contributed by atoms with van der Waals surface area (Å²) < 4.78 is 28.0. The van der Waals surface area contributed by atoms with Gasteiger partial charge in [-0.2, -0.15) is 0 Å². The van der Waals surface area contributed by atoms with Gasteiger partial charge in [0.2, 0.25) is 5.91 Å². The second kappa shape index (κ2) is 11.0. The molecule has 0 fully saturated rings. The minimum absolute atomic E-state index is 0.000496. The van der Waals surface area contributed by atoms with Crippen molar-refractivity contribution in [2.45, 2.75) is 44.2 Å². The number of amides is 2. The van der Waals surface area contributed by atoms with Crippen molar-refractivity contribution < 1.29 is 18.0 Å². The normalized spacial score (nSPS) is 13.6. The number of carbonyl (C=O) groups is 2. The summed E-state index contributed by atoms with van der Waals surface area (Å²) in [4.78, 5) is 27.4. The molecule has 2 unspecified atom stereocenters. The van der Waals surface area contributed by atoms with Crippen molar-refractivity contribution in [1.29, 1.82) is 0 Å². The van der Waals surface area contributed by atoms with Gasteiger partial charge in [-0.05, 0) is 31.4 Å². The van der Waals surface area contributed by atoms with Gasteiger partial charge in [-0.15, -0.1) is 0 Å². The van der Waals surface area contributed by atoms with Crippen molar-refractivity contribution in [3.63, 3.8) is 0 Å². The predicted molar refractivity (Wildman–Crippen MR) is 131 cm³/mol. The zero-order valence-corrected chi connectivity index (χ0v) is 20.7. The summed E-state index contributed by atoms with van der Waals surface area (Å²) in [6, 6.07) is 8.42. The van der Waals surface area contributed by atoms with Crippen LogP contribution in [-0.4, -0.2) is 63.8 Å². The third-order valence-corrected chi connectivity index (χ3v) is 7.13. The van der Waals surface area contributed by atoms with E-state index in [9.17, 15) is 18.0 Å². The molecule has 2 aromatic carbocycles. The number of carbonyl (C=O) groups excluding carboxylic acids is 2. The van der Waals surface area contributed by atoms with Gasteiger partial charge in [-0.3, -0.25) is 9.59 Å². The van der Waals surface area contributed by atoms with Crippen LogP contribution in [0.1, 0.15) is 27.2 Å². The van der Waals surface area contributed by atoms with E-state index in [0.29, 0.717) is 11.8 Å². The molecule has 2 atom stereocenters. The summed E-state index contributed by atoms with van der Waals surface area (Å²) in [7, 11) is -0.510. The molecule has 0 radical (unpaired) electrons. The Balaban J connectivity index is 2.43. The Kier molecular flexibility index (Phi) is 8.82. The Morgan fingerprint density at radius 3 is 2.21 bits per heavy atom. The van der Waals surface area contributed by atoms with Crippen molar-refractivity contribution in [1.82, 2.24) is 9.62 Å². The van der Waals surface area contributed by atoms with E-state index in [1.807, 2.05) is 45.0 Å². The largest absolute Gasteiger partial charge is 0.377 e. The molecular weight excluding hydrogens is 442 g/mol. The first-order valence-corrected chi connectivity index (χ1v) is 12.4. The molecule has 0 spiro atoms. The maximum atomic E-state index is 13.6. The molecule has 0 saturated heterocycles. The van der Waals surface area contributed by atoms with Gasteiger partial charge in [0.1, 0.15) is 6.04 Å². The summed E-state index contributed by atoms with van der Waals surface area (Å²) in [6.45, 7) is 5.02. The Morgan fingerprint density at radius 1 is 1.03 bits per heavy atom. The van der Waals surface area contributed by atoms with Gasteiger partial charge in [0.15, 0.2) is 0 Å². The van der Waals surface area contributed by atoms with Crippen LogP contribution in [0.5, 0.6) is 0 Å². The van der Waals surface area contributed by atoms with Crippen LogP contribution < -0.4 is 21.7 Å². The fourth-order valence-electron chi connectivity index (χ4n) is 3.68. The highest BCUT2D eigenvalue weighted by molar-refractivity contribution is 7.90. The first-order chi connectivity index (χ1) is 15.4. The minimum Gasteiger partial charge on any atom is -0.377 e. The van der Waals surface area contributed by atoms with Crippen LogP contribution in [0.2, 0.25) is 0 Å². The highest BCUT2D eigenvalue weighted by Gasteiger charge is 2.34. The zero-order chi connectivity index (χ0) is 24.9. The number of nitrogens with zero attached hydrogens (tertiary/aromatic N) is 2. The van der Waals surface area contributed by atoms with E-state index < -0.39 is 33.9 Å². The second-order valence-corrected chi connectivity index (χ2v) is 10.5. The summed E-state index contributed by atoms with van der Waals surface area (Å²) >= 11 is 0. The van der Waals surface area contributed by atoms with Crippen molar-refractivity contribution in [3.8, 4) is 0 Å². The third-order valence-electron chi connectivity index (χ3n) is 5.28. The number of hydrogen-bond donors (Lipinski definition) is 3. The molecule has 0 aliphatic heterocycles. The van der Waals surface area contributed by atoms with Gasteiger partial charge in [0, 0.05) is 43.6 Å². The molecular formula is C23H35N5O4S. The van der Waals surface area contributed by atoms with Gasteiger partial charge in [-0.25, -0.2) is 12.7 Å². The maximum absolute atomic E-state index is 13.6. The molecule has 10 heteroatoms. The number of rotatable bonds is 10. The quantitative estimate of drug-likeness (QED) is 0.468. The van der Waals surface area contributed by atoms with Crippen LogP contribution >= 0.6 is 0 Å². The number of nitrogens with two attached hydrogens (primary N) is 2. The van der Waals surface area contributed by atoms with E-state index in [1.165, 1.54) is 13.0 Å². The number of fused-ring (bicyclic) bond motifs is 1. The first kappa shape index (κ1) is 26.6. The van der Waals surface area contributed by atoms with Crippen LogP contribution in [-0.2, 0) is 19.6 Å². The zero-order valence-electron chi connectivity index (χ0n) is 19.9. The smallest absolute Gasteiger partial charge is 0.267 e. The van der Waals surface area contributed by atoms with E-state index in [2.05, 4.69) is 5.32 Å². The molecule has 182 valence electrons. The monoisotopic (exact) mass is 477 g/mol. The highest BCUT2D eigenvalue weighted by Crippen LogP contribution is 2.31. The van der Waals surface area contributed by atoms with E-state index in [4.69, 9.17) is 11.5 Å². The lowest BCUT2D eigenvalue weighted by atomic mass is 10.0. The molecule has 33 heavy (non-hydrogen) atoms. The van der Waals surface area contributed by atoms with Gasteiger partial charge in [-0.1, -0.05) is 38.1 Å². The molecule has 5 N–H and O–H groups in total. The number of benzene rings is 2. The molecule has 2 rings (SSSR count). The molecule has 0 aliphatic rings. The Labute approximate surface area is 196 Å². The Bertz CT molecular complexity index is 1100. The molecule has 9 nitrogen and oxygen atoms in total. The number of anilines is 1. The van der Waals surface area contributed by atoms with Crippen LogP contribution in [0, 0.1) is 5.92 Å². The van der Waals surface area contributed by atoms with Crippen molar-refractivity contribution >= 4 is 38.3 Å². The standard InChI is InChI=1S/C23H35N5O4S/c1-15(2)14-19(25)22(29)26-16(3)23(30)28(13-12-24)33(31,32)21-11-7-8-17-18(21)9-6-10-20(17)27(4)5/h6-11,15-16,19H,12-14,24-25H2,1-5H3,(H,26,29). The number of sulfonamides is 1. The lowest BCUT2D eigenvalue weighted by Crippen LogP contribution is -2.53. The lowest BCUT2D eigenvalue weighted by molar-refractivity contribution is -0.132. The average Bonchev–Trinajstić information content (AvgIpc) is 2.75. The van der Waals surface area contributed by atoms with Gasteiger partial charge in [0.05, 0.1) is 10.9 Å². The van der Waals surface area contributed by atoms with Crippen LogP contribution in [0.15, 0.2) is 41.3 Å². The number of hydrogen-bond acceptors (Lipinski definition) is 7. The lowest BCUT2D eigenvalue weighted by Gasteiger charge is -2.27. The van der Waals surface area contributed by atoms with E-state index >= 15 is 0 Å². The molecule has 0 saturated carbocycles. The fraction of sp³-hybridized carbons (Fsp3) is 0.478. The van der Waals surface area contributed by atoms with Gasteiger partial charge >= 0.3 is 0 Å². The highest BCUT2D eigenvalue weighted by atomic mass is 32.2. The van der Waals surface area contributed by atoms with Gasteiger partial charge < -0.3 is 21.7 Å². The van der Waals surface area contributed by atoms with Crippen LogP contribution in [0.3, 0.4) is 0 Å². The third kappa shape index (κ3) is 6.01. The predicted octanol–water partition coefficient (Wildman–Crippen LogP) is 1.26. The average molecular weight is 478 g/mol. The minimum atomic E-state index is -4.25. The summed E-state index contributed by atoms with van der Waals surface area (Å²) in [5.74, 6) is -1.08. The molecule has 0 bridgehead atoms. The van der Waals surface area contributed by atoms with Gasteiger partial charge in [0.25, 0.3) is 15.9 Å². The molecule has 2 amide bonds. The second-order valence-electron chi connectivity index (χ2n) is 8.69. The van der Waals surface area contributed by atoms with Crippen molar-refractivity contribution in [2.24, 2.45) is 17.4 Å². The fourth-order valence-corrected chi connectivity index (χ4v) is 5.36. The first-order valence-electron chi connectivity index (χ1n) is 10.9. The molecule has 0 aromatic heterocycles.